The second-order valence-corrected chi connectivity index (χ2v) is 4.14. The summed E-state index contributed by atoms with van der Waals surface area (Å²) >= 11 is 0. The first-order valence-electron chi connectivity index (χ1n) is 5.54. The Kier molecular flexibility index (Phi) is 3.61. The minimum atomic E-state index is -0.965. The maximum Gasteiger partial charge on any atom is 0.251 e. The third-order valence-electron chi connectivity index (χ3n) is 2.76. The van der Waals surface area contributed by atoms with Gasteiger partial charge in [-0.2, -0.15) is 0 Å². The number of hydrogen-bond donors (Lipinski definition) is 4. The van der Waals surface area contributed by atoms with Crippen LogP contribution in [0.3, 0.4) is 0 Å². The van der Waals surface area contributed by atoms with Crippen molar-refractivity contribution in [3.05, 3.63) is 29.3 Å². The van der Waals surface area contributed by atoms with Crippen LogP contribution in [0.4, 0.5) is 14.5 Å². The molecule has 2 amide bonds. The van der Waals surface area contributed by atoms with Crippen molar-refractivity contribution in [2.45, 2.75) is 12.5 Å². The van der Waals surface area contributed by atoms with E-state index in [0.29, 0.717) is 6.54 Å². The highest BCUT2D eigenvalue weighted by molar-refractivity contribution is 5.95. The zero-order chi connectivity index (χ0) is 14.0. The van der Waals surface area contributed by atoms with Crippen molar-refractivity contribution in [1.29, 1.82) is 0 Å². The summed E-state index contributed by atoms with van der Waals surface area (Å²) in [5.74, 6) is 2.19. The van der Waals surface area contributed by atoms with Gasteiger partial charge in [-0.3, -0.25) is 15.4 Å². The lowest BCUT2D eigenvalue weighted by Gasteiger charge is -2.11. The largest absolute Gasteiger partial charge is 0.354 e. The van der Waals surface area contributed by atoms with Gasteiger partial charge in [-0.1, -0.05) is 0 Å². The van der Waals surface area contributed by atoms with Crippen LogP contribution in [-0.4, -0.2) is 24.4 Å². The van der Waals surface area contributed by atoms with Crippen LogP contribution in [0, 0.1) is 11.6 Å². The predicted octanol–water partition coefficient (Wildman–Crippen LogP) is -0.131. The fraction of sp³-hybridized carbons (Fsp3) is 0.273. The van der Waals surface area contributed by atoms with Crippen LogP contribution in [0.2, 0.25) is 0 Å². The molecule has 1 aliphatic rings. The minimum Gasteiger partial charge on any atom is -0.354 e. The molecule has 5 N–H and O–H groups in total. The lowest BCUT2D eigenvalue weighted by molar-refractivity contribution is -0.119. The molecular formula is C11H12F2N4O2. The van der Waals surface area contributed by atoms with Crippen LogP contribution in [0.25, 0.3) is 0 Å². The molecule has 0 aromatic heterocycles. The van der Waals surface area contributed by atoms with E-state index in [4.69, 9.17) is 5.84 Å². The van der Waals surface area contributed by atoms with Gasteiger partial charge in [0.05, 0.1) is 6.04 Å². The molecule has 1 saturated heterocycles. The van der Waals surface area contributed by atoms with Crippen LogP contribution in [0.1, 0.15) is 16.8 Å². The number of nitrogens with one attached hydrogen (secondary N) is 3. The fourth-order valence-corrected chi connectivity index (χ4v) is 1.82. The van der Waals surface area contributed by atoms with Crippen LogP contribution in [0.15, 0.2) is 12.1 Å². The second kappa shape index (κ2) is 5.19. The lowest BCUT2D eigenvalue weighted by atomic mass is 10.1. The van der Waals surface area contributed by atoms with Gasteiger partial charge in [0.25, 0.3) is 5.91 Å². The fourth-order valence-electron chi connectivity index (χ4n) is 1.82. The van der Waals surface area contributed by atoms with Gasteiger partial charge in [-0.25, -0.2) is 8.78 Å². The van der Waals surface area contributed by atoms with Gasteiger partial charge in [-0.05, 0) is 12.1 Å². The maximum absolute atomic E-state index is 13.4. The number of anilines is 1. The van der Waals surface area contributed by atoms with E-state index < -0.39 is 23.2 Å². The second-order valence-electron chi connectivity index (χ2n) is 4.14. The smallest absolute Gasteiger partial charge is 0.251 e. The van der Waals surface area contributed by atoms with Crippen molar-refractivity contribution in [2.24, 2.45) is 5.84 Å². The molecule has 1 aromatic rings. The molecule has 0 aliphatic carbocycles. The number of carbonyl (C=O) groups is 2. The van der Waals surface area contributed by atoms with E-state index in [1.807, 2.05) is 5.43 Å². The number of halogens is 2. The van der Waals surface area contributed by atoms with Gasteiger partial charge in [0, 0.05) is 18.5 Å². The summed E-state index contributed by atoms with van der Waals surface area (Å²) in [6.45, 7) is 0.304. The third kappa shape index (κ3) is 2.79. The Labute approximate surface area is 107 Å². The number of amides is 2. The van der Waals surface area contributed by atoms with Gasteiger partial charge < -0.3 is 16.1 Å². The standard InChI is InChI=1S/C11H12F2N4O2/c12-7-1-5(2-8(13)10(7)17-14)11(19)16-6-3-9(18)15-4-6/h1-2,6,17H,3-4,14H2,(H,15,18)(H,16,19). The molecule has 1 unspecified atom stereocenters. The van der Waals surface area contributed by atoms with Gasteiger partial charge in [0.1, 0.15) is 5.69 Å². The van der Waals surface area contributed by atoms with E-state index in [-0.39, 0.29) is 23.9 Å². The summed E-state index contributed by atoms with van der Waals surface area (Å²) in [5, 5.41) is 5.05. The molecule has 1 heterocycles. The highest BCUT2D eigenvalue weighted by Crippen LogP contribution is 2.19. The Hall–Kier alpha value is -2.22. The SMILES string of the molecule is NNc1c(F)cc(C(=O)NC2CNC(=O)C2)cc1F. The molecule has 1 aliphatic heterocycles. The normalized spacial score (nSPS) is 18.1. The molecule has 1 fully saturated rings. The quantitative estimate of drug-likeness (QED) is 0.454. The molecule has 0 bridgehead atoms. The van der Waals surface area contributed by atoms with Gasteiger partial charge >= 0.3 is 0 Å². The lowest BCUT2D eigenvalue weighted by Crippen LogP contribution is -2.36. The van der Waals surface area contributed by atoms with Gasteiger partial charge in [0.2, 0.25) is 5.91 Å². The average molecular weight is 270 g/mol. The van der Waals surface area contributed by atoms with E-state index in [1.54, 1.807) is 0 Å². The number of hydrazine groups is 1. The maximum atomic E-state index is 13.4. The Balaban J connectivity index is 2.13. The molecule has 1 aromatic carbocycles. The Morgan fingerprint density at radius 3 is 2.47 bits per heavy atom. The van der Waals surface area contributed by atoms with E-state index in [0.717, 1.165) is 12.1 Å². The summed E-state index contributed by atoms with van der Waals surface area (Å²) in [6, 6.07) is 1.37. The number of hydrogen-bond acceptors (Lipinski definition) is 4. The number of nitrogen functional groups attached to an aromatic ring is 1. The molecule has 2 rings (SSSR count). The molecule has 0 spiro atoms. The number of nitrogens with two attached hydrogens (primary N) is 1. The van der Waals surface area contributed by atoms with Crippen molar-refractivity contribution < 1.29 is 18.4 Å². The number of benzene rings is 1. The van der Waals surface area contributed by atoms with Gasteiger partial charge in [0.15, 0.2) is 11.6 Å². The molecule has 0 saturated carbocycles. The Morgan fingerprint density at radius 1 is 1.37 bits per heavy atom. The monoisotopic (exact) mass is 270 g/mol. The minimum absolute atomic E-state index is 0.152. The first kappa shape index (κ1) is 13.2. The van der Waals surface area contributed by atoms with Crippen molar-refractivity contribution in [2.75, 3.05) is 12.0 Å². The summed E-state index contributed by atoms with van der Waals surface area (Å²) < 4.78 is 26.8. The van der Waals surface area contributed by atoms with Crippen molar-refractivity contribution in [1.82, 2.24) is 10.6 Å². The zero-order valence-corrected chi connectivity index (χ0v) is 9.80. The van der Waals surface area contributed by atoms with E-state index in [2.05, 4.69) is 10.6 Å². The summed E-state index contributed by atoms with van der Waals surface area (Å²) in [5.41, 5.74) is 1.19. The topological polar surface area (TPSA) is 96.2 Å². The molecule has 19 heavy (non-hydrogen) atoms. The highest BCUT2D eigenvalue weighted by atomic mass is 19.1. The van der Waals surface area contributed by atoms with Gasteiger partial charge in [-0.15, -0.1) is 0 Å². The first-order valence-corrected chi connectivity index (χ1v) is 5.54. The molecule has 8 heteroatoms. The molecular weight excluding hydrogens is 258 g/mol. The Morgan fingerprint density at radius 2 is 2.00 bits per heavy atom. The van der Waals surface area contributed by atoms with E-state index in [1.165, 1.54) is 0 Å². The Bertz CT molecular complexity index is 512. The predicted molar refractivity (Wildman–Crippen MR) is 63.0 cm³/mol. The van der Waals surface area contributed by atoms with Crippen LogP contribution >= 0.6 is 0 Å². The molecule has 0 radical (unpaired) electrons. The summed E-state index contributed by atoms with van der Waals surface area (Å²) in [6.07, 6.45) is 0.152. The van der Waals surface area contributed by atoms with Crippen LogP contribution in [-0.2, 0) is 4.79 Å². The average Bonchev–Trinajstić information content (AvgIpc) is 2.74. The van der Waals surface area contributed by atoms with Crippen molar-refractivity contribution in [3.63, 3.8) is 0 Å². The number of rotatable bonds is 3. The van der Waals surface area contributed by atoms with E-state index >= 15 is 0 Å². The van der Waals surface area contributed by atoms with Crippen LogP contribution < -0.4 is 21.9 Å². The molecule has 6 nitrogen and oxygen atoms in total. The van der Waals surface area contributed by atoms with Crippen molar-refractivity contribution >= 4 is 17.5 Å². The summed E-state index contributed by atoms with van der Waals surface area (Å²) in [7, 11) is 0. The molecule has 102 valence electrons. The first-order chi connectivity index (χ1) is 9.01. The highest BCUT2D eigenvalue weighted by Gasteiger charge is 2.24. The number of carbonyl (C=O) groups excluding carboxylic acids is 2. The van der Waals surface area contributed by atoms with Crippen LogP contribution in [0.5, 0.6) is 0 Å². The molecule has 1 atom stereocenters. The zero-order valence-electron chi connectivity index (χ0n) is 9.80. The van der Waals surface area contributed by atoms with E-state index in [9.17, 15) is 18.4 Å². The summed E-state index contributed by atoms with van der Waals surface area (Å²) in [4.78, 5) is 22.7. The third-order valence-corrected chi connectivity index (χ3v) is 2.76. The van der Waals surface area contributed by atoms with Crippen molar-refractivity contribution in [3.8, 4) is 0 Å².